The highest BCUT2D eigenvalue weighted by Gasteiger charge is 2.71. The van der Waals surface area contributed by atoms with Crippen LogP contribution in [0.15, 0.2) is 54.6 Å². The summed E-state index contributed by atoms with van der Waals surface area (Å²) in [5, 5.41) is 17.3. The molecule has 5 saturated carbocycles. The van der Waals surface area contributed by atoms with Gasteiger partial charge in [0.05, 0.1) is 24.2 Å². The average molecular weight is 755 g/mol. The Labute approximate surface area is 327 Å². The predicted molar refractivity (Wildman–Crippen MR) is 212 cm³/mol. The van der Waals surface area contributed by atoms with Gasteiger partial charge in [0.15, 0.2) is 0 Å². The number of rotatable bonds is 8. The van der Waals surface area contributed by atoms with E-state index in [9.17, 15) is 23.9 Å². The zero-order valence-electron chi connectivity index (χ0n) is 34.2. The number of nitrogens with one attached hydrogen (secondary N) is 2. The minimum absolute atomic E-state index is 0.0400. The second kappa shape index (κ2) is 14.1. The van der Waals surface area contributed by atoms with Gasteiger partial charge in [-0.1, -0.05) is 65.0 Å². The zero-order valence-corrected chi connectivity index (χ0v) is 34.2. The molecule has 0 aliphatic heterocycles. The summed E-state index contributed by atoms with van der Waals surface area (Å²) in [6, 6.07) is 11.3. The van der Waals surface area contributed by atoms with Crippen LogP contribution < -0.4 is 10.6 Å². The Morgan fingerprint density at radius 2 is 1.60 bits per heavy atom. The number of hydrogen-bond donors (Lipinski definition) is 3. The summed E-state index contributed by atoms with van der Waals surface area (Å²) in [5.74, 6) is 0.684. The molecule has 3 N–H and O–H groups in total. The molecule has 0 bridgehead atoms. The van der Waals surface area contributed by atoms with E-state index in [1.807, 2.05) is 12.1 Å². The fourth-order valence-electron chi connectivity index (χ4n) is 13.9. The molecule has 2 aromatic carbocycles. The van der Waals surface area contributed by atoms with Crippen LogP contribution in [0.25, 0.3) is 0 Å². The molecule has 0 aromatic heterocycles. The van der Waals surface area contributed by atoms with Gasteiger partial charge in [-0.3, -0.25) is 9.59 Å². The molecule has 8 heteroatoms. The van der Waals surface area contributed by atoms with E-state index in [1.165, 1.54) is 37.7 Å². The Balaban J connectivity index is 1.07. The number of allylic oxidation sites excluding steroid dienone is 1. The number of carbonyl (C=O) groups excluding carboxylic acids is 3. The quantitative estimate of drug-likeness (QED) is 0.184. The van der Waals surface area contributed by atoms with Crippen molar-refractivity contribution in [2.75, 3.05) is 7.11 Å². The molecule has 5 aliphatic carbocycles. The number of amides is 2. The highest BCUT2D eigenvalue weighted by Crippen LogP contribution is 2.77. The third-order valence-electron chi connectivity index (χ3n) is 17.1. The minimum Gasteiger partial charge on any atom is -0.465 e. The second-order valence-corrected chi connectivity index (χ2v) is 19.6. The van der Waals surface area contributed by atoms with Crippen LogP contribution in [0.1, 0.15) is 138 Å². The smallest absolute Gasteiger partial charge is 0.337 e. The number of carbonyl (C=O) groups is 3. The molecular formula is C47H63FN2O5. The average Bonchev–Trinajstić information content (AvgIpc) is 3.56. The number of hydrogen-bond acceptors (Lipinski definition) is 5. The monoisotopic (exact) mass is 754 g/mol. The van der Waals surface area contributed by atoms with E-state index in [0.717, 1.165) is 63.0 Å². The van der Waals surface area contributed by atoms with E-state index in [4.69, 9.17) is 0 Å². The van der Waals surface area contributed by atoms with E-state index in [-0.39, 0.29) is 63.2 Å². The van der Waals surface area contributed by atoms with Crippen LogP contribution in [0.3, 0.4) is 0 Å². The SMILES string of the molecule is C=C(C)[C@@H]1CC[C@]2(C(=O)NCc3cccc(C(=O)NCc4ccc(C(=O)OC)cc4F)c3)CC[C@]3(C)C(CC[C@@H]4[C@@]5(C)CC[C@H](O)C(C)(C)C5CC[C@]43C)[C@@H]12. The van der Waals surface area contributed by atoms with Crippen LogP contribution in [0.5, 0.6) is 0 Å². The number of aliphatic hydroxyl groups excluding tert-OH is 1. The Bertz CT molecular complexity index is 1870. The number of methoxy groups -OCH3 is 1. The lowest BCUT2D eigenvalue weighted by Crippen LogP contribution is -2.67. The van der Waals surface area contributed by atoms with E-state index >= 15 is 0 Å². The molecule has 0 saturated heterocycles. The maximum Gasteiger partial charge on any atom is 0.337 e. The van der Waals surface area contributed by atoms with Crippen molar-refractivity contribution < 1.29 is 28.6 Å². The van der Waals surface area contributed by atoms with Gasteiger partial charge in [0.2, 0.25) is 5.91 Å². The summed E-state index contributed by atoms with van der Waals surface area (Å²) in [6.07, 6.45) is 10.2. The standard InChI is InChI=1S/C47H63FN2O5/c1-28(2)33-16-21-47(42(54)50-26-29-10-9-11-30(24-29)40(52)49-27-32-13-12-31(25-35(32)48)41(53)55-8)23-22-45(6)34(39(33)47)14-15-37-44(5)19-18-38(51)43(3,4)36(44)17-20-46(37,45)7/h9-13,24-25,33-34,36-39,51H,1,14-23,26-27H2,2-8H3,(H,49,52)(H,50,54)/t33-,34?,36?,37+,38-,39+,44-,45+,46+,47-/m0/s1. The fourth-order valence-corrected chi connectivity index (χ4v) is 13.9. The lowest BCUT2D eigenvalue weighted by molar-refractivity contribution is -0.246. The molecular weight excluding hydrogens is 692 g/mol. The number of halogens is 1. The van der Waals surface area contributed by atoms with Crippen molar-refractivity contribution in [1.29, 1.82) is 0 Å². The number of fused-ring (bicyclic) bond motifs is 7. The molecule has 2 amide bonds. The Hall–Kier alpha value is -3.52. The van der Waals surface area contributed by atoms with Gasteiger partial charge in [0, 0.05) is 24.2 Å². The minimum atomic E-state index is -0.626. The largest absolute Gasteiger partial charge is 0.465 e. The Morgan fingerprint density at radius 1 is 0.836 bits per heavy atom. The van der Waals surface area contributed by atoms with Crippen LogP contribution in [0.2, 0.25) is 0 Å². The van der Waals surface area contributed by atoms with Gasteiger partial charge in [0.25, 0.3) is 5.91 Å². The number of esters is 1. The second-order valence-electron chi connectivity index (χ2n) is 19.6. The van der Waals surface area contributed by atoms with Gasteiger partial charge in [-0.15, -0.1) is 0 Å². The summed E-state index contributed by atoms with van der Waals surface area (Å²) in [7, 11) is 1.24. The van der Waals surface area contributed by atoms with Crippen LogP contribution in [0, 0.1) is 62.5 Å². The van der Waals surface area contributed by atoms with Gasteiger partial charge in [-0.05, 0) is 152 Å². The van der Waals surface area contributed by atoms with Gasteiger partial charge < -0.3 is 20.5 Å². The molecule has 55 heavy (non-hydrogen) atoms. The van der Waals surface area contributed by atoms with Crippen molar-refractivity contribution in [3.05, 3.63) is 82.7 Å². The first-order chi connectivity index (χ1) is 25.9. The van der Waals surface area contributed by atoms with E-state index < -0.39 is 17.2 Å². The molecule has 0 radical (unpaired) electrons. The summed E-state index contributed by atoms with van der Waals surface area (Å²) in [6.45, 7) is 19.3. The lowest BCUT2D eigenvalue weighted by Gasteiger charge is -2.72. The Kier molecular flexibility index (Phi) is 10.2. The summed E-state index contributed by atoms with van der Waals surface area (Å²) in [4.78, 5) is 39.6. The fraction of sp³-hybridized carbons (Fsp3) is 0.638. The molecule has 298 valence electrons. The van der Waals surface area contributed by atoms with Crippen molar-refractivity contribution in [3.63, 3.8) is 0 Å². The van der Waals surface area contributed by atoms with Crippen LogP contribution in [0.4, 0.5) is 4.39 Å². The first kappa shape index (κ1) is 39.7. The third-order valence-corrected chi connectivity index (χ3v) is 17.1. The summed E-state index contributed by atoms with van der Waals surface area (Å²) in [5.41, 5.74) is 2.79. The molecule has 5 fully saturated rings. The van der Waals surface area contributed by atoms with E-state index in [2.05, 4.69) is 63.5 Å². The molecule has 0 spiro atoms. The first-order valence-corrected chi connectivity index (χ1v) is 20.8. The summed E-state index contributed by atoms with van der Waals surface area (Å²) < 4.78 is 19.3. The molecule has 2 unspecified atom stereocenters. The van der Waals surface area contributed by atoms with Crippen molar-refractivity contribution in [2.24, 2.45) is 56.7 Å². The predicted octanol–water partition coefficient (Wildman–Crippen LogP) is 9.18. The van der Waals surface area contributed by atoms with Gasteiger partial charge in [-0.25, -0.2) is 9.18 Å². The van der Waals surface area contributed by atoms with Crippen molar-refractivity contribution in [3.8, 4) is 0 Å². The summed E-state index contributed by atoms with van der Waals surface area (Å²) >= 11 is 0. The van der Waals surface area contributed by atoms with E-state index in [1.54, 1.807) is 12.1 Å². The van der Waals surface area contributed by atoms with Crippen molar-refractivity contribution >= 4 is 17.8 Å². The highest BCUT2D eigenvalue weighted by atomic mass is 19.1. The molecule has 2 aromatic rings. The normalized spacial score (nSPS) is 37.3. The number of aliphatic hydroxyl groups is 1. The first-order valence-electron chi connectivity index (χ1n) is 20.8. The van der Waals surface area contributed by atoms with Gasteiger partial charge in [0.1, 0.15) is 5.82 Å². The van der Waals surface area contributed by atoms with Crippen LogP contribution in [-0.2, 0) is 22.6 Å². The van der Waals surface area contributed by atoms with Gasteiger partial charge >= 0.3 is 5.97 Å². The molecule has 7 nitrogen and oxygen atoms in total. The zero-order chi connectivity index (χ0) is 39.7. The number of ether oxygens (including phenoxy) is 1. The maximum absolute atomic E-state index is 14.7. The van der Waals surface area contributed by atoms with Crippen LogP contribution >= 0.6 is 0 Å². The number of benzene rings is 2. The third kappa shape index (κ3) is 6.19. The molecule has 0 heterocycles. The van der Waals surface area contributed by atoms with Crippen molar-refractivity contribution in [2.45, 2.75) is 125 Å². The van der Waals surface area contributed by atoms with Crippen molar-refractivity contribution in [1.82, 2.24) is 10.6 Å². The van der Waals surface area contributed by atoms with Gasteiger partial charge in [-0.2, -0.15) is 0 Å². The molecule has 10 atom stereocenters. The lowest BCUT2D eigenvalue weighted by atomic mass is 9.32. The maximum atomic E-state index is 14.7. The molecule has 7 rings (SSSR count). The topological polar surface area (TPSA) is 105 Å². The highest BCUT2D eigenvalue weighted by molar-refractivity contribution is 5.94. The van der Waals surface area contributed by atoms with Crippen LogP contribution in [-0.4, -0.2) is 36.1 Å². The van der Waals surface area contributed by atoms with E-state index in [0.29, 0.717) is 35.8 Å². The Morgan fingerprint density at radius 3 is 2.31 bits per heavy atom. The molecule has 5 aliphatic rings.